The minimum atomic E-state index is 0.824. The summed E-state index contributed by atoms with van der Waals surface area (Å²) in [5, 5.41) is 9.17. The maximum Gasteiger partial charge on any atom is 0.192 e. The van der Waals surface area contributed by atoms with E-state index in [-0.39, 0.29) is 0 Å². The van der Waals surface area contributed by atoms with Gasteiger partial charge < -0.3 is 5.32 Å². The molecule has 0 saturated heterocycles. The average molecular weight is 249 g/mol. The summed E-state index contributed by atoms with van der Waals surface area (Å²) < 4.78 is 1.75. The van der Waals surface area contributed by atoms with Crippen molar-refractivity contribution in [2.75, 3.05) is 6.54 Å². The summed E-state index contributed by atoms with van der Waals surface area (Å²) in [6, 6.07) is 4.03. The Balaban J connectivity index is 2.17. The van der Waals surface area contributed by atoms with Gasteiger partial charge in [0.2, 0.25) is 0 Å². The molecule has 2 aromatic heterocycles. The number of nitrogens with one attached hydrogen (secondary N) is 1. The van der Waals surface area contributed by atoms with Crippen molar-refractivity contribution in [3.8, 4) is 0 Å². The smallest absolute Gasteiger partial charge is 0.192 e. The van der Waals surface area contributed by atoms with Gasteiger partial charge in [-0.15, -0.1) is 0 Å². The summed E-state index contributed by atoms with van der Waals surface area (Å²) in [5.74, 6) is 0. The van der Waals surface area contributed by atoms with Crippen molar-refractivity contribution in [1.82, 2.24) is 25.1 Å². The quantitative estimate of drug-likeness (QED) is 0.869. The van der Waals surface area contributed by atoms with Crippen LogP contribution in [0.25, 0.3) is 0 Å². The van der Waals surface area contributed by atoms with Gasteiger partial charge in [-0.1, -0.05) is 13.0 Å². The van der Waals surface area contributed by atoms with Crippen molar-refractivity contribution >= 4 is 11.8 Å². The second-order valence-corrected chi connectivity index (χ2v) is 4.47. The van der Waals surface area contributed by atoms with E-state index in [4.69, 9.17) is 0 Å². The van der Waals surface area contributed by atoms with E-state index in [9.17, 15) is 0 Å². The predicted molar refractivity (Wildman–Crippen MR) is 66.7 cm³/mol. The third-order valence-corrected chi connectivity index (χ3v) is 3.39. The molecule has 0 bridgehead atoms. The van der Waals surface area contributed by atoms with Crippen molar-refractivity contribution in [2.45, 2.75) is 23.7 Å². The zero-order chi connectivity index (χ0) is 12.1. The molecule has 2 heterocycles. The molecule has 0 aromatic carbocycles. The molecule has 1 N–H and O–H groups in total. The molecule has 6 heteroatoms. The molecule has 17 heavy (non-hydrogen) atoms. The fraction of sp³-hybridized carbons (Fsp3) is 0.364. The van der Waals surface area contributed by atoms with Crippen LogP contribution in [-0.4, -0.2) is 26.3 Å². The van der Waals surface area contributed by atoms with Crippen molar-refractivity contribution in [3.63, 3.8) is 0 Å². The molecular weight excluding hydrogens is 234 g/mol. The zero-order valence-corrected chi connectivity index (χ0v) is 10.7. The van der Waals surface area contributed by atoms with Gasteiger partial charge in [0, 0.05) is 19.8 Å². The molecule has 0 aliphatic heterocycles. The fourth-order valence-corrected chi connectivity index (χ4v) is 2.21. The van der Waals surface area contributed by atoms with Crippen molar-refractivity contribution in [2.24, 2.45) is 7.05 Å². The van der Waals surface area contributed by atoms with E-state index in [1.54, 1.807) is 17.2 Å². The van der Waals surface area contributed by atoms with Gasteiger partial charge >= 0.3 is 0 Å². The van der Waals surface area contributed by atoms with Crippen molar-refractivity contribution < 1.29 is 0 Å². The first-order valence-corrected chi connectivity index (χ1v) is 6.29. The highest BCUT2D eigenvalue weighted by Gasteiger charge is 2.08. The van der Waals surface area contributed by atoms with Crippen LogP contribution in [0.5, 0.6) is 0 Å². The minimum absolute atomic E-state index is 0.824. The van der Waals surface area contributed by atoms with Gasteiger partial charge in [-0.3, -0.25) is 0 Å². The van der Waals surface area contributed by atoms with Crippen LogP contribution >= 0.6 is 11.8 Å². The number of aryl methyl sites for hydroxylation is 1. The van der Waals surface area contributed by atoms with Gasteiger partial charge in [0.15, 0.2) is 5.16 Å². The fourth-order valence-electron chi connectivity index (χ4n) is 1.37. The first-order valence-electron chi connectivity index (χ1n) is 5.47. The molecular formula is C11H15N5S. The lowest BCUT2D eigenvalue weighted by Gasteiger charge is -2.07. The van der Waals surface area contributed by atoms with E-state index < -0.39 is 0 Å². The van der Waals surface area contributed by atoms with Gasteiger partial charge in [-0.2, -0.15) is 5.10 Å². The lowest BCUT2D eigenvalue weighted by atomic mass is 10.3. The maximum atomic E-state index is 4.39. The van der Waals surface area contributed by atoms with Crippen molar-refractivity contribution in [1.29, 1.82) is 0 Å². The van der Waals surface area contributed by atoms with E-state index in [0.717, 1.165) is 23.3 Å². The highest BCUT2D eigenvalue weighted by molar-refractivity contribution is 7.99. The highest BCUT2D eigenvalue weighted by Crippen LogP contribution is 2.26. The lowest BCUT2D eigenvalue weighted by Crippen LogP contribution is -2.12. The molecule has 0 amide bonds. The molecule has 5 nitrogen and oxygen atoms in total. The van der Waals surface area contributed by atoms with E-state index in [2.05, 4.69) is 33.4 Å². The molecule has 2 rings (SSSR count). The monoisotopic (exact) mass is 249 g/mol. The van der Waals surface area contributed by atoms with Crippen LogP contribution in [0.3, 0.4) is 0 Å². The summed E-state index contributed by atoms with van der Waals surface area (Å²) in [6.07, 6.45) is 3.35. The molecule has 0 spiro atoms. The number of hydrogen-bond acceptors (Lipinski definition) is 5. The van der Waals surface area contributed by atoms with E-state index in [0.29, 0.717) is 0 Å². The minimum Gasteiger partial charge on any atom is -0.313 e. The van der Waals surface area contributed by atoms with Crippen molar-refractivity contribution in [3.05, 3.63) is 30.2 Å². The van der Waals surface area contributed by atoms with Gasteiger partial charge in [-0.05, 0) is 29.9 Å². The number of nitrogens with zero attached hydrogens (tertiary/aromatic N) is 4. The predicted octanol–water partition coefficient (Wildman–Crippen LogP) is 1.47. The Kier molecular flexibility index (Phi) is 4.11. The second kappa shape index (κ2) is 5.79. The Morgan fingerprint density at radius 1 is 1.41 bits per heavy atom. The topological polar surface area (TPSA) is 55.6 Å². The van der Waals surface area contributed by atoms with Crippen LogP contribution in [0, 0.1) is 0 Å². The van der Waals surface area contributed by atoms with E-state index in [1.165, 1.54) is 17.3 Å². The summed E-state index contributed by atoms with van der Waals surface area (Å²) in [5.41, 5.74) is 1.18. The standard InChI is InChI=1S/C11H15N5S/c1-3-12-7-9-5-4-6-13-10(9)17-11-14-8-15-16(11)2/h4-6,8,12H,3,7H2,1-2H3. The number of pyridine rings is 1. The van der Waals surface area contributed by atoms with Gasteiger partial charge in [0.25, 0.3) is 0 Å². The average Bonchev–Trinajstić information content (AvgIpc) is 2.74. The van der Waals surface area contributed by atoms with Gasteiger partial charge in [0.1, 0.15) is 11.4 Å². The first kappa shape index (κ1) is 12.1. The van der Waals surface area contributed by atoms with Crippen LogP contribution in [0.15, 0.2) is 34.8 Å². The molecule has 0 radical (unpaired) electrons. The lowest BCUT2D eigenvalue weighted by molar-refractivity contribution is 0.682. The molecule has 90 valence electrons. The molecule has 0 atom stereocenters. The Morgan fingerprint density at radius 2 is 2.29 bits per heavy atom. The van der Waals surface area contributed by atoms with Crippen LogP contribution < -0.4 is 5.32 Å². The molecule has 2 aromatic rings. The Bertz CT molecular complexity index is 482. The SMILES string of the molecule is CCNCc1cccnc1Sc1ncnn1C. The zero-order valence-electron chi connectivity index (χ0n) is 9.92. The maximum absolute atomic E-state index is 4.39. The summed E-state index contributed by atoms with van der Waals surface area (Å²) >= 11 is 1.54. The molecule has 0 aliphatic carbocycles. The molecule has 0 fully saturated rings. The van der Waals surface area contributed by atoms with E-state index >= 15 is 0 Å². The normalized spacial score (nSPS) is 10.7. The van der Waals surface area contributed by atoms with Gasteiger partial charge in [-0.25, -0.2) is 14.6 Å². The van der Waals surface area contributed by atoms with Crippen LogP contribution in [0.4, 0.5) is 0 Å². The highest BCUT2D eigenvalue weighted by atomic mass is 32.2. The Hall–Kier alpha value is -1.40. The van der Waals surface area contributed by atoms with Crippen LogP contribution in [0.1, 0.15) is 12.5 Å². The summed E-state index contributed by atoms with van der Waals surface area (Å²) in [7, 11) is 1.88. The number of rotatable bonds is 5. The molecule has 0 aliphatic rings. The van der Waals surface area contributed by atoms with Gasteiger partial charge in [0.05, 0.1) is 0 Å². The summed E-state index contributed by atoms with van der Waals surface area (Å²) in [6.45, 7) is 3.86. The number of aromatic nitrogens is 4. The Morgan fingerprint density at radius 3 is 3.00 bits per heavy atom. The third kappa shape index (κ3) is 3.04. The summed E-state index contributed by atoms with van der Waals surface area (Å²) in [4.78, 5) is 8.58. The Labute approximate surface area is 105 Å². The molecule has 0 unspecified atom stereocenters. The first-order chi connectivity index (χ1) is 8.31. The van der Waals surface area contributed by atoms with Crippen LogP contribution in [0.2, 0.25) is 0 Å². The largest absolute Gasteiger partial charge is 0.313 e. The second-order valence-electron chi connectivity index (χ2n) is 3.52. The van der Waals surface area contributed by atoms with E-state index in [1.807, 2.05) is 13.1 Å². The number of hydrogen-bond donors (Lipinski definition) is 1. The molecule has 0 saturated carbocycles. The van der Waals surface area contributed by atoms with Crippen LogP contribution in [-0.2, 0) is 13.6 Å². The third-order valence-electron chi connectivity index (χ3n) is 2.27.